The summed E-state index contributed by atoms with van der Waals surface area (Å²) in [6, 6.07) is 13.9. The van der Waals surface area contributed by atoms with Crippen LogP contribution < -0.4 is 4.74 Å². The van der Waals surface area contributed by atoms with Crippen molar-refractivity contribution in [3.05, 3.63) is 71.5 Å². The van der Waals surface area contributed by atoms with Crippen LogP contribution in [-0.4, -0.2) is 29.9 Å². The van der Waals surface area contributed by atoms with Crippen LogP contribution in [0.3, 0.4) is 0 Å². The number of fused-ring (bicyclic) bond motifs is 1. The van der Waals surface area contributed by atoms with Crippen LogP contribution in [-0.2, 0) is 4.74 Å². The van der Waals surface area contributed by atoms with E-state index in [1.807, 2.05) is 12.1 Å². The maximum absolute atomic E-state index is 12.8. The fourth-order valence-corrected chi connectivity index (χ4v) is 2.59. The van der Waals surface area contributed by atoms with Crippen molar-refractivity contribution in [2.45, 2.75) is 6.92 Å². The molecule has 0 saturated carbocycles. The highest BCUT2D eigenvalue weighted by atomic mass is 16.5. The third-order valence-electron chi connectivity index (χ3n) is 3.76. The molecule has 2 heterocycles. The van der Waals surface area contributed by atoms with Crippen LogP contribution in [0.4, 0.5) is 0 Å². The van der Waals surface area contributed by atoms with Crippen LogP contribution in [0, 0.1) is 0 Å². The number of hydrogen-bond acceptors (Lipinski definition) is 4. The van der Waals surface area contributed by atoms with Gasteiger partial charge in [-0.15, -0.1) is 0 Å². The van der Waals surface area contributed by atoms with Gasteiger partial charge < -0.3 is 13.9 Å². The number of methoxy groups -OCH3 is 1. The molecule has 24 heavy (non-hydrogen) atoms. The van der Waals surface area contributed by atoms with Gasteiger partial charge in [0.25, 0.3) is 0 Å². The number of benzene rings is 1. The van der Waals surface area contributed by atoms with E-state index in [9.17, 15) is 9.59 Å². The van der Waals surface area contributed by atoms with E-state index in [1.165, 1.54) is 0 Å². The highest BCUT2D eigenvalue weighted by molar-refractivity contribution is 6.11. The molecule has 0 N–H and O–H groups in total. The molecule has 0 bridgehead atoms. The summed E-state index contributed by atoms with van der Waals surface area (Å²) in [4.78, 5) is 25.0. The average Bonchev–Trinajstić information content (AvgIpc) is 3.01. The van der Waals surface area contributed by atoms with Crippen LogP contribution in [0.5, 0.6) is 5.75 Å². The molecule has 0 radical (unpaired) electrons. The van der Waals surface area contributed by atoms with E-state index >= 15 is 0 Å². The largest absolute Gasteiger partial charge is 0.497 e. The van der Waals surface area contributed by atoms with Crippen molar-refractivity contribution in [1.82, 2.24) is 4.40 Å². The molecule has 2 aromatic heterocycles. The molecule has 122 valence electrons. The minimum absolute atomic E-state index is 0.172. The summed E-state index contributed by atoms with van der Waals surface area (Å²) in [5, 5.41) is 0. The van der Waals surface area contributed by atoms with Gasteiger partial charge >= 0.3 is 5.97 Å². The lowest BCUT2D eigenvalue weighted by molar-refractivity contribution is 0.0529. The molecule has 0 amide bonds. The predicted octanol–water partition coefficient (Wildman–Crippen LogP) is 3.36. The third-order valence-corrected chi connectivity index (χ3v) is 3.76. The van der Waals surface area contributed by atoms with Crippen LogP contribution in [0.25, 0.3) is 5.52 Å². The highest BCUT2D eigenvalue weighted by Crippen LogP contribution is 2.22. The molecule has 0 fully saturated rings. The van der Waals surface area contributed by atoms with E-state index in [2.05, 4.69) is 0 Å². The SMILES string of the molecule is CCOC(=O)c1cc(C(=O)c2ccc(OC)cc2)n2ccccc12. The summed E-state index contributed by atoms with van der Waals surface area (Å²) in [5.41, 5.74) is 1.97. The first-order valence-corrected chi connectivity index (χ1v) is 7.61. The maximum Gasteiger partial charge on any atom is 0.340 e. The number of pyridine rings is 1. The summed E-state index contributed by atoms with van der Waals surface area (Å²) in [6.07, 6.45) is 1.76. The molecule has 0 unspecified atom stereocenters. The molecule has 1 aromatic carbocycles. The fraction of sp³-hybridized carbons (Fsp3) is 0.158. The minimum Gasteiger partial charge on any atom is -0.497 e. The van der Waals surface area contributed by atoms with Gasteiger partial charge in [0, 0.05) is 11.8 Å². The lowest BCUT2D eigenvalue weighted by Gasteiger charge is -2.04. The zero-order valence-electron chi connectivity index (χ0n) is 13.5. The first-order chi connectivity index (χ1) is 11.7. The molecule has 0 atom stereocenters. The lowest BCUT2D eigenvalue weighted by Crippen LogP contribution is -2.04. The van der Waals surface area contributed by atoms with Crippen LogP contribution in [0.2, 0.25) is 0 Å². The van der Waals surface area contributed by atoms with Crippen molar-refractivity contribution >= 4 is 17.3 Å². The van der Waals surface area contributed by atoms with E-state index < -0.39 is 5.97 Å². The third kappa shape index (κ3) is 2.76. The van der Waals surface area contributed by atoms with E-state index in [1.54, 1.807) is 61.0 Å². The Hall–Kier alpha value is -3.08. The second-order valence-corrected chi connectivity index (χ2v) is 5.18. The Morgan fingerprint density at radius 3 is 2.50 bits per heavy atom. The summed E-state index contributed by atoms with van der Waals surface area (Å²) in [6.45, 7) is 2.03. The van der Waals surface area contributed by atoms with Gasteiger partial charge in [-0.1, -0.05) is 6.07 Å². The van der Waals surface area contributed by atoms with Crippen molar-refractivity contribution < 1.29 is 19.1 Å². The number of esters is 1. The van der Waals surface area contributed by atoms with Crippen molar-refractivity contribution in [2.75, 3.05) is 13.7 Å². The average molecular weight is 323 g/mol. The van der Waals surface area contributed by atoms with Gasteiger partial charge in [-0.3, -0.25) is 4.79 Å². The number of rotatable bonds is 5. The second kappa shape index (κ2) is 6.58. The molecule has 0 saturated heterocycles. The van der Waals surface area contributed by atoms with Gasteiger partial charge in [-0.2, -0.15) is 0 Å². The number of hydrogen-bond donors (Lipinski definition) is 0. The molecular weight excluding hydrogens is 306 g/mol. The molecule has 3 rings (SSSR count). The zero-order chi connectivity index (χ0) is 17.1. The topological polar surface area (TPSA) is 57.0 Å². The summed E-state index contributed by atoms with van der Waals surface area (Å²) in [7, 11) is 1.57. The Labute approximate surface area is 139 Å². The summed E-state index contributed by atoms with van der Waals surface area (Å²) >= 11 is 0. The summed E-state index contributed by atoms with van der Waals surface area (Å²) < 4.78 is 11.9. The minimum atomic E-state index is -0.435. The number of carbonyl (C=O) groups is 2. The molecule has 0 spiro atoms. The Bertz CT molecular complexity index is 893. The lowest BCUT2D eigenvalue weighted by atomic mass is 10.1. The number of aromatic nitrogens is 1. The highest BCUT2D eigenvalue weighted by Gasteiger charge is 2.21. The van der Waals surface area contributed by atoms with E-state index in [0.717, 1.165) is 0 Å². The van der Waals surface area contributed by atoms with Crippen LogP contribution in [0.15, 0.2) is 54.7 Å². The van der Waals surface area contributed by atoms with Gasteiger partial charge in [0.1, 0.15) is 5.75 Å². The normalized spacial score (nSPS) is 10.6. The molecule has 5 nitrogen and oxygen atoms in total. The van der Waals surface area contributed by atoms with E-state index in [-0.39, 0.29) is 12.4 Å². The first-order valence-electron chi connectivity index (χ1n) is 7.61. The number of carbonyl (C=O) groups excluding carboxylic acids is 2. The predicted molar refractivity (Wildman–Crippen MR) is 89.8 cm³/mol. The number of ketones is 1. The standard InChI is InChI=1S/C19H17NO4/c1-3-24-19(22)15-12-17(20-11-5-4-6-16(15)20)18(21)13-7-9-14(23-2)10-8-13/h4-12H,3H2,1-2H3. The van der Waals surface area contributed by atoms with Gasteiger partial charge in [0.05, 0.1) is 30.5 Å². The first kappa shape index (κ1) is 15.8. The Balaban J connectivity index is 2.08. The monoisotopic (exact) mass is 323 g/mol. The molecule has 0 aliphatic carbocycles. The molecular formula is C19H17NO4. The molecule has 0 aliphatic heterocycles. The quantitative estimate of drug-likeness (QED) is 0.534. The van der Waals surface area contributed by atoms with E-state index in [4.69, 9.17) is 9.47 Å². The Morgan fingerprint density at radius 2 is 1.83 bits per heavy atom. The van der Waals surface area contributed by atoms with Crippen molar-refractivity contribution in [2.24, 2.45) is 0 Å². The van der Waals surface area contributed by atoms with Gasteiger partial charge in [0.2, 0.25) is 5.78 Å². The van der Waals surface area contributed by atoms with Crippen LogP contribution in [0.1, 0.15) is 33.3 Å². The van der Waals surface area contributed by atoms with Crippen LogP contribution >= 0.6 is 0 Å². The number of nitrogens with zero attached hydrogens (tertiary/aromatic N) is 1. The Morgan fingerprint density at radius 1 is 1.08 bits per heavy atom. The van der Waals surface area contributed by atoms with Gasteiger partial charge in [-0.05, 0) is 49.4 Å². The van der Waals surface area contributed by atoms with E-state index in [0.29, 0.717) is 28.1 Å². The van der Waals surface area contributed by atoms with Crippen molar-refractivity contribution in [3.8, 4) is 5.75 Å². The second-order valence-electron chi connectivity index (χ2n) is 5.18. The zero-order valence-corrected chi connectivity index (χ0v) is 13.5. The molecule has 3 aromatic rings. The molecule has 0 aliphatic rings. The van der Waals surface area contributed by atoms with Crippen molar-refractivity contribution in [1.29, 1.82) is 0 Å². The molecule has 5 heteroatoms. The van der Waals surface area contributed by atoms with Gasteiger partial charge in [0.15, 0.2) is 0 Å². The Kier molecular flexibility index (Phi) is 4.33. The fourth-order valence-electron chi connectivity index (χ4n) is 2.59. The summed E-state index contributed by atoms with van der Waals surface area (Å²) in [5.74, 6) is 0.0724. The maximum atomic E-state index is 12.8. The number of ether oxygens (including phenoxy) is 2. The van der Waals surface area contributed by atoms with Crippen molar-refractivity contribution in [3.63, 3.8) is 0 Å². The smallest absolute Gasteiger partial charge is 0.340 e. The van der Waals surface area contributed by atoms with Gasteiger partial charge in [-0.25, -0.2) is 4.79 Å².